The maximum Gasteiger partial charge on any atom is 0.267 e. The van der Waals surface area contributed by atoms with Gasteiger partial charge in [0.05, 0.1) is 7.11 Å². The van der Waals surface area contributed by atoms with Crippen LogP contribution in [0, 0.1) is 0 Å². The number of nitrogens with zero attached hydrogens (tertiary/aromatic N) is 1. The first-order chi connectivity index (χ1) is 17.6. The Bertz CT molecular complexity index is 1370. The third-order valence-electron chi connectivity index (χ3n) is 7.08. The largest absolute Gasteiger partial charge is 0.497 e. The SMILES string of the molecule is COc1ccc(CN(CCc2c[nH]c3ccccc23)C2CCc3cc(C=CC(=O)NO)ccc32)cc1. The van der Waals surface area contributed by atoms with Crippen LogP contribution in [0.5, 0.6) is 5.75 Å². The number of nitrogens with one attached hydrogen (secondary N) is 2. The molecule has 6 nitrogen and oxygen atoms in total. The van der Waals surface area contributed by atoms with Gasteiger partial charge in [-0.3, -0.25) is 14.9 Å². The number of ether oxygens (including phenoxy) is 1. The smallest absolute Gasteiger partial charge is 0.267 e. The molecule has 0 radical (unpaired) electrons. The molecule has 0 bridgehead atoms. The molecule has 1 atom stereocenters. The molecular formula is C30H31N3O3. The Labute approximate surface area is 211 Å². The monoisotopic (exact) mass is 481 g/mol. The molecule has 1 aliphatic carbocycles. The second-order valence-corrected chi connectivity index (χ2v) is 9.25. The van der Waals surface area contributed by atoms with Crippen molar-refractivity contribution >= 4 is 22.9 Å². The summed E-state index contributed by atoms with van der Waals surface area (Å²) < 4.78 is 5.35. The zero-order chi connectivity index (χ0) is 24.9. The van der Waals surface area contributed by atoms with Crippen LogP contribution in [0.2, 0.25) is 0 Å². The molecule has 0 saturated heterocycles. The molecule has 0 aliphatic heterocycles. The summed E-state index contributed by atoms with van der Waals surface area (Å²) in [5, 5.41) is 10.0. The first-order valence-electron chi connectivity index (χ1n) is 12.3. The Morgan fingerprint density at radius 3 is 2.81 bits per heavy atom. The van der Waals surface area contributed by atoms with Gasteiger partial charge >= 0.3 is 0 Å². The third kappa shape index (κ3) is 5.20. The standard InChI is InChI=1S/C30H31N3O3/c1-36-25-11-6-22(7-12-25)20-33(17-16-24-19-31-28-5-3-2-4-26(24)28)29-14-10-23-18-21(8-13-27(23)29)9-15-30(34)32-35/h2-9,11-13,15,18-19,29,31,35H,10,14,16-17,20H2,1H3,(H,32,34). The lowest BCUT2D eigenvalue weighted by Gasteiger charge is -2.30. The molecule has 3 aromatic carbocycles. The molecular weight excluding hydrogens is 450 g/mol. The Kier molecular flexibility index (Phi) is 7.16. The highest BCUT2D eigenvalue weighted by Crippen LogP contribution is 2.37. The fourth-order valence-corrected chi connectivity index (χ4v) is 5.22. The van der Waals surface area contributed by atoms with Crippen LogP contribution in [0.1, 0.15) is 40.3 Å². The van der Waals surface area contributed by atoms with E-state index in [-0.39, 0.29) is 0 Å². The number of hydrogen-bond acceptors (Lipinski definition) is 4. The molecule has 3 N–H and O–H groups in total. The van der Waals surface area contributed by atoms with Crippen molar-refractivity contribution in [3.05, 3.63) is 107 Å². The van der Waals surface area contributed by atoms with E-state index in [2.05, 4.69) is 64.6 Å². The summed E-state index contributed by atoms with van der Waals surface area (Å²) in [5.74, 6) is 0.335. The Morgan fingerprint density at radius 1 is 1.17 bits per heavy atom. The average Bonchev–Trinajstić information content (AvgIpc) is 3.54. The van der Waals surface area contributed by atoms with Gasteiger partial charge in [-0.05, 0) is 71.4 Å². The molecule has 1 unspecified atom stereocenters. The number of carbonyl (C=O) groups excluding carboxylic acids is 1. The van der Waals surface area contributed by atoms with Crippen LogP contribution in [0.3, 0.4) is 0 Å². The van der Waals surface area contributed by atoms with E-state index in [4.69, 9.17) is 9.94 Å². The van der Waals surface area contributed by atoms with Gasteiger partial charge in [0.1, 0.15) is 5.75 Å². The molecule has 1 aliphatic rings. The Morgan fingerprint density at radius 2 is 2.00 bits per heavy atom. The average molecular weight is 482 g/mol. The van der Waals surface area contributed by atoms with Crippen LogP contribution in [0.4, 0.5) is 0 Å². The van der Waals surface area contributed by atoms with Gasteiger partial charge in [-0.1, -0.05) is 48.5 Å². The van der Waals surface area contributed by atoms with Crippen molar-refractivity contribution < 1.29 is 14.7 Å². The summed E-state index contributed by atoms with van der Waals surface area (Å²) >= 11 is 0. The topological polar surface area (TPSA) is 77.6 Å². The van der Waals surface area contributed by atoms with Gasteiger partial charge in [-0.15, -0.1) is 0 Å². The summed E-state index contributed by atoms with van der Waals surface area (Å²) in [5.41, 5.74) is 9.04. The lowest BCUT2D eigenvalue weighted by atomic mass is 10.0. The minimum Gasteiger partial charge on any atom is -0.497 e. The number of H-pyrrole nitrogens is 1. The van der Waals surface area contributed by atoms with E-state index in [1.807, 2.05) is 18.2 Å². The number of hydroxylamine groups is 1. The van der Waals surface area contributed by atoms with Crippen molar-refractivity contribution in [3.8, 4) is 5.75 Å². The molecule has 6 heteroatoms. The zero-order valence-electron chi connectivity index (χ0n) is 20.4. The molecule has 184 valence electrons. The number of fused-ring (bicyclic) bond motifs is 2. The number of hydrogen-bond donors (Lipinski definition) is 3. The summed E-state index contributed by atoms with van der Waals surface area (Å²) in [6, 6.07) is 23.5. The highest BCUT2D eigenvalue weighted by atomic mass is 16.5. The molecule has 0 fully saturated rings. The van der Waals surface area contributed by atoms with E-state index in [0.29, 0.717) is 6.04 Å². The van der Waals surface area contributed by atoms with Gasteiger partial charge in [0.25, 0.3) is 5.91 Å². The number of methoxy groups -OCH3 is 1. The predicted molar refractivity (Wildman–Crippen MR) is 142 cm³/mol. The summed E-state index contributed by atoms with van der Waals surface area (Å²) in [7, 11) is 1.69. The van der Waals surface area contributed by atoms with Crippen LogP contribution >= 0.6 is 0 Å². The Hall–Kier alpha value is -3.87. The number of aryl methyl sites for hydroxylation is 1. The number of para-hydroxylation sites is 1. The lowest BCUT2D eigenvalue weighted by Crippen LogP contribution is -2.29. The van der Waals surface area contributed by atoms with Gasteiger partial charge in [0, 0.05) is 42.3 Å². The van der Waals surface area contributed by atoms with Crippen molar-refractivity contribution in [2.24, 2.45) is 0 Å². The molecule has 0 saturated carbocycles. The van der Waals surface area contributed by atoms with Crippen LogP contribution in [0.15, 0.2) is 79.0 Å². The zero-order valence-corrected chi connectivity index (χ0v) is 20.4. The van der Waals surface area contributed by atoms with Crippen molar-refractivity contribution in [3.63, 3.8) is 0 Å². The highest BCUT2D eigenvalue weighted by Gasteiger charge is 2.28. The fraction of sp³-hybridized carbons (Fsp3) is 0.233. The second-order valence-electron chi connectivity index (χ2n) is 9.25. The van der Waals surface area contributed by atoms with Gasteiger partial charge in [-0.25, -0.2) is 5.48 Å². The predicted octanol–water partition coefficient (Wildman–Crippen LogP) is 5.43. The number of aromatic amines is 1. The molecule has 36 heavy (non-hydrogen) atoms. The number of carbonyl (C=O) groups is 1. The summed E-state index contributed by atoms with van der Waals surface area (Å²) in [6.07, 6.45) is 8.23. The molecule has 5 rings (SSSR count). The molecule has 4 aromatic rings. The minimum absolute atomic E-state index is 0.325. The van der Waals surface area contributed by atoms with E-state index < -0.39 is 5.91 Å². The highest BCUT2D eigenvalue weighted by molar-refractivity contribution is 5.90. The van der Waals surface area contributed by atoms with Gasteiger partial charge < -0.3 is 9.72 Å². The molecule has 0 spiro atoms. The quantitative estimate of drug-likeness (QED) is 0.169. The number of benzene rings is 3. The molecule has 1 amide bonds. The summed E-state index contributed by atoms with van der Waals surface area (Å²) in [6.45, 7) is 1.80. The number of amides is 1. The van der Waals surface area contributed by atoms with Crippen molar-refractivity contribution in [1.82, 2.24) is 15.4 Å². The van der Waals surface area contributed by atoms with Gasteiger partial charge in [0.15, 0.2) is 0 Å². The van der Waals surface area contributed by atoms with Crippen molar-refractivity contribution in [2.75, 3.05) is 13.7 Å². The third-order valence-corrected chi connectivity index (χ3v) is 7.08. The minimum atomic E-state index is -0.531. The van der Waals surface area contributed by atoms with Gasteiger partial charge in [0.2, 0.25) is 0 Å². The molecule has 1 aromatic heterocycles. The van der Waals surface area contributed by atoms with E-state index in [9.17, 15) is 4.79 Å². The first kappa shape index (κ1) is 23.9. The van der Waals surface area contributed by atoms with E-state index in [0.717, 1.165) is 43.7 Å². The van der Waals surface area contributed by atoms with E-state index in [1.54, 1.807) is 18.7 Å². The van der Waals surface area contributed by atoms with Crippen LogP contribution in [-0.4, -0.2) is 34.7 Å². The van der Waals surface area contributed by atoms with Crippen molar-refractivity contribution in [2.45, 2.75) is 31.8 Å². The number of aromatic nitrogens is 1. The fourth-order valence-electron chi connectivity index (χ4n) is 5.22. The number of rotatable bonds is 9. The Balaban J connectivity index is 1.39. The van der Waals surface area contributed by atoms with Crippen LogP contribution < -0.4 is 10.2 Å². The van der Waals surface area contributed by atoms with Crippen LogP contribution in [0.25, 0.3) is 17.0 Å². The first-order valence-corrected chi connectivity index (χ1v) is 12.3. The maximum atomic E-state index is 11.4. The van der Waals surface area contributed by atoms with E-state index in [1.165, 1.54) is 39.2 Å². The summed E-state index contributed by atoms with van der Waals surface area (Å²) in [4.78, 5) is 17.4. The maximum absolute atomic E-state index is 11.4. The van der Waals surface area contributed by atoms with Crippen LogP contribution in [-0.2, 0) is 24.2 Å². The molecule has 1 heterocycles. The lowest BCUT2D eigenvalue weighted by molar-refractivity contribution is -0.124. The second kappa shape index (κ2) is 10.8. The van der Waals surface area contributed by atoms with Gasteiger partial charge in [-0.2, -0.15) is 0 Å². The van der Waals surface area contributed by atoms with E-state index >= 15 is 0 Å². The normalized spacial score (nSPS) is 15.0. The van der Waals surface area contributed by atoms with Crippen molar-refractivity contribution in [1.29, 1.82) is 0 Å².